The fourth-order valence-electron chi connectivity index (χ4n) is 1.56. The lowest BCUT2D eigenvalue weighted by Crippen LogP contribution is -2.12. The molecule has 0 aliphatic heterocycles. The van der Waals surface area contributed by atoms with Crippen LogP contribution in [0.5, 0.6) is 11.5 Å². The summed E-state index contributed by atoms with van der Waals surface area (Å²) in [4.78, 5) is 12.6. The van der Waals surface area contributed by atoms with Crippen molar-refractivity contribution in [2.24, 2.45) is 0 Å². The molecule has 1 amide bonds. The Morgan fingerprint density at radius 1 is 1.39 bits per heavy atom. The summed E-state index contributed by atoms with van der Waals surface area (Å²) in [6, 6.07) is 6.75. The van der Waals surface area contributed by atoms with Gasteiger partial charge in [-0.05, 0) is 30.5 Å². The van der Waals surface area contributed by atoms with E-state index in [9.17, 15) is 9.90 Å². The molecule has 1 aromatic carbocycles. The Morgan fingerprint density at radius 3 is 2.89 bits per heavy atom. The average Bonchev–Trinajstić information content (AvgIpc) is 2.83. The highest BCUT2D eigenvalue weighted by atomic mass is 32.1. The quantitative estimate of drug-likeness (QED) is 0.895. The van der Waals surface area contributed by atoms with Gasteiger partial charge in [-0.3, -0.25) is 4.79 Å². The smallest absolute Gasteiger partial charge is 0.269 e. The fraction of sp³-hybridized carbons (Fsp3) is 0.154. The molecule has 0 unspecified atom stereocenters. The molecule has 0 fully saturated rings. The molecule has 0 radical (unpaired) electrons. The standard InChI is InChI=1S/C13H13NO3S/c1-8-9(4-3-5-10(8)15)14-13(16)12-11(17-2)6-7-18-12/h3-7,15H,1-2H3,(H,14,16). The van der Waals surface area contributed by atoms with Gasteiger partial charge in [0.2, 0.25) is 0 Å². The van der Waals surface area contributed by atoms with E-state index >= 15 is 0 Å². The number of thiophene rings is 1. The van der Waals surface area contributed by atoms with Crippen molar-refractivity contribution in [1.29, 1.82) is 0 Å². The van der Waals surface area contributed by atoms with E-state index in [4.69, 9.17) is 4.74 Å². The number of hydrogen-bond donors (Lipinski definition) is 2. The number of phenolic OH excluding ortho intramolecular Hbond substituents is 1. The van der Waals surface area contributed by atoms with Crippen LogP contribution in [0.3, 0.4) is 0 Å². The van der Waals surface area contributed by atoms with E-state index in [1.807, 2.05) is 0 Å². The summed E-state index contributed by atoms with van der Waals surface area (Å²) < 4.78 is 5.10. The molecular formula is C13H13NO3S. The van der Waals surface area contributed by atoms with Crippen molar-refractivity contribution in [1.82, 2.24) is 0 Å². The highest BCUT2D eigenvalue weighted by Crippen LogP contribution is 2.28. The summed E-state index contributed by atoms with van der Waals surface area (Å²) in [5, 5.41) is 14.1. The van der Waals surface area contributed by atoms with Gasteiger partial charge in [0.05, 0.1) is 7.11 Å². The zero-order chi connectivity index (χ0) is 13.1. The molecule has 2 aromatic rings. The van der Waals surface area contributed by atoms with Crippen LogP contribution in [0.2, 0.25) is 0 Å². The maximum absolute atomic E-state index is 12.1. The molecule has 0 saturated heterocycles. The van der Waals surface area contributed by atoms with Gasteiger partial charge >= 0.3 is 0 Å². The molecule has 0 atom stereocenters. The van der Waals surface area contributed by atoms with Gasteiger partial charge in [0.15, 0.2) is 0 Å². The predicted octanol–water partition coefficient (Wildman–Crippen LogP) is 3.02. The van der Waals surface area contributed by atoms with Crippen molar-refractivity contribution >= 4 is 22.9 Å². The van der Waals surface area contributed by atoms with Gasteiger partial charge in [-0.15, -0.1) is 11.3 Å². The van der Waals surface area contributed by atoms with E-state index in [2.05, 4.69) is 5.32 Å². The molecule has 94 valence electrons. The predicted molar refractivity (Wildman–Crippen MR) is 71.7 cm³/mol. The number of benzene rings is 1. The lowest BCUT2D eigenvalue weighted by Gasteiger charge is -2.09. The van der Waals surface area contributed by atoms with Crippen molar-refractivity contribution in [2.75, 3.05) is 12.4 Å². The molecular weight excluding hydrogens is 250 g/mol. The first-order chi connectivity index (χ1) is 8.63. The molecule has 0 saturated carbocycles. The molecule has 1 aromatic heterocycles. The highest BCUT2D eigenvalue weighted by molar-refractivity contribution is 7.12. The van der Waals surface area contributed by atoms with Gasteiger partial charge in [0, 0.05) is 11.3 Å². The van der Waals surface area contributed by atoms with Gasteiger partial charge in [-0.25, -0.2) is 0 Å². The minimum absolute atomic E-state index is 0.158. The van der Waals surface area contributed by atoms with Gasteiger partial charge in [0.1, 0.15) is 16.4 Å². The van der Waals surface area contributed by atoms with E-state index in [1.54, 1.807) is 36.6 Å². The maximum atomic E-state index is 12.1. The van der Waals surface area contributed by atoms with Crippen LogP contribution in [0.4, 0.5) is 5.69 Å². The molecule has 2 rings (SSSR count). The minimum atomic E-state index is -0.240. The van der Waals surface area contributed by atoms with Crippen LogP contribution in [-0.4, -0.2) is 18.1 Å². The third kappa shape index (κ3) is 2.31. The number of amides is 1. The first-order valence-electron chi connectivity index (χ1n) is 5.35. The summed E-state index contributed by atoms with van der Waals surface area (Å²) in [7, 11) is 1.53. The third-order valence-corrected chi connectivity index (χ3v) is 3.50. The SMILES string of the molecule is COc1ccsc1C(=O)Nc1cccc(O)c1C. The highest BCUT2D eigenvalue weighted by Gasteiger charge is 2.15. The monoisotopic (exact) mass is 263 g/mol. The molecule has 4 nitrogen and oxygen atoms in total. The molecule has 5 heteroatoms. The van der Waals surface area contributed by atoms with Crippen LogP contribution in [0.25, 0.3) is 0 Å². The Labute approximate surface area is 109 Å². The van der Waals surface area contributed by atoms with Gasteiger partial charge in [0.25, 0.3) is 5.91 Å². The number of hydrogen-bond acceptors (Lipinski definition) is 4. The Morgan fingerprint density at radius 2 is 2.17 bits per heavy atom. The number of ether oxygens (including phenoxy) is 1. The molecule has 18 heavy (non-hydrogen) atoms. The largest absolute Gasteiger partial charge is 0.508 e. The van der Waals surface area contributed by atoms with Crippen molar-refractivity contribution in [3.8, 4) is 11.5 Å². The molecule has 0 spiro atoms. The van der Waals surface area contributed by atoms with Gasteiger partial charge < -0.3 is 15.2 Å². The van der Waals surface area contributed by atoms with Crippen LogP contribution in [0, 0.1) is 6.92 Å². The Kier molecular flexibility index (Phi) is 3.53. The van der Waals surface area contributed by atoms with Crippen molar-refractivity contribution < 1.29 is 14.6 Å². The number of carbonyl (C=O) groups excluding carboxylic acids is 1. The van der Waals surface area contributed by atoms with Crippen LogP contribution in [0.1, 0.15) is 15.2 Å². The number of phenols is 1. The minimum Gasteiger partial charge on any atom is -0.508 e. The second kappa shape index (κ2) is 5.10. The zero-order valence-electron chi connectivity index (χ0n) is 10.1. The molecule has 0 bridgehead atoms. The third-order valence-electron chi connectivity index (χ3n) is 2.61. The lowest BCUT2D eigenvalue weighted by molar-refractivity contribution is 0.102. The Balaban J connectivity index is 2.24. The van der Waals surface area contributed by atoms with Crippen molar-refractivity contribution in [3.63, 3.8) is 0 Å². The molecule has 0 aliphatic rings. The van der Waals surface area contributed by atoms with E-state index in [0.29, 0.717) is 21.9 Å². The normalized spacial score (nSPS) is 10.1. The molecule has 1 heterocycles. The van der Waals surface area contributed by atoms with Crippen LogP contribution in [-0.2, 0) is 0 Å². The van der Waals surface area contributed by atoms with Crippen molar-refractivity contribution in [3.05, 3.63) is 40.1 Å². The summed E-state index contributed by atoms with van der Waals surface area (Å²) in [5.74, 6) is 0.469. The number of methoxy groups -OCH3 is 1. The van der Waals surface area contributed by atoms with Crippen LogP contribution >= 0.6 is 11.3 Å². The molecule has 2 N–H and O–H groups in total. The second-order valence-corrected chi connectivity index (χ2v) is 4.64. The summed E-state index contributed by atoms with van der Waals surface area (Å²) in [6.07, 6.45) is 0. The van der Waals surface area contributed by atoms with Crippen LogP contribution in [0.15, 0.2) is 29.6 Å². The number of anilines is 1. The number of aromatic hydroxyl groups is 1. The average molecular weight is 263 g/mol. The van der Waals surface area contributed by atoms with Gasteiger partial charge in [-0.2, -0.15) is 0 Å². The summed E-state index contributed by atoms with van der Waals surface area (Å²) >= 11 is 1.31. The fourth-order valence-corrected chi connectivity index (χ4v) is 2.32. The molecule has 0 aliphatic carbocycles. The topological polar surface area (TPSA) is 58.6 Å². The van der Waals surface area contributed by atoms with E-state index in [1.165, 1.54) is 18.4 Å². The van der Waals surface area contributed by atoms with Crippen LogP contribution < -0.4 is 10.1 Å². The van der Waals surface area contributed by atoms with Crippen molar-refractivity contribution in [2.45, 2.75) is 6.92 Å². The first-order valence-corrected chi connectivity index (χ1v) is 6.23. The van der Waals surface area contributed by atoms with E-state index in [0.717, 1.165) is 0 Å². The first kappa shape index (κ1) is 12.4. The van der Waals surface area contributed by atoms with Gasteiger partial charge in [-0.1, -0.05) is 6.07 Å². The number of rotatable bonds is 3. The Hall–Kier alpha value is -2.01. The maximum Gasteiger partial charge on any atom is 0.269 e. The lowest BCUT2D eigenvalue weighted by atomic mass is 10.2. The summed E-state index contributed by atoms with van der Waals surface area (Å²) in [6.45, 7) is 1.75. The van der Waals surface area contributed by atoms with E-state index in [-0.39, 0.29) is 11.7 Å². The summed E-state index contributed by atoms with van der Waals surface area (Å²) in [5.41, 5.74) is 1.23. The number of nitrogens with one attached hydrogen (secondary N) is 1. The number of carbonyl (C=O) groups is 1. The zero-order valence-corrected chi connectivity index (χ0v) is 10.9. The second-order valence-electron chi connectivity index (χ2n) is 3.72. The Bertz CT molecular complexity index is 577. The van der Waals surface area contributed by atoms with E-state index < -0.39 is 0 Å².